The highest BCUT2D eigenvalue weighted by molar-refractivity contribution is 6.17. The van der Waals surface area contributed by atoms with Gasteiger partial charge < -0.3 is 29.1 Å². The Morgan fingerprint density at radius 1 is 0.679 bits per heavy atom. The van der Waals surface area contributed by atoms with Crippen LogP contribution in [0.1, 0.15) is 103 Å². The summed E-state index contributed by atoms with van der Waals surface area (Å²) in [6.45, 7) is 3.89. The molecule has 0 radical (unpaired) electrons. The van der Waals surface area contributed by atoms with Gasteiger partial charge in [-0.05, 0) is 19.4 Å². The van der Waals surface area contributed by atoms with Crippen LogP contribution in [0.5, 0.6) is 0 Å². The molecule has 6 nitrogen and oxygen atoms in total. The minimum absolute atomic E-state index is 0. The van der Waals surface area contributed by atoms with E-state index in [4.69, 9.17) is 11.6 Å². The van der Waals surface area contributed by atoms with E-state index in [1.54, 1.807) is 0 Å². The van der Waals surface area contributed by atoms with Gasteiger partial charge in [0.1, 0.15) is 0 Å². The molecule has 1 amide bonds. The van der Waals surface area contributed by atoms with E-state index in [1.165, 1.54) is 77.0 Å². The number of hydrogen-bond acceptors (Lipinski definition) is 5. The molecule has 0 unspecified atom stereocenters. The Balaban J connectivity index is -0.000000441. The molecule has 0 atom stereocenters. The van der Waals surface area contributed by atoms with Crippen molar-refractivity contribution >= 4 is 29.9 Å². The Kier molecular flexibility index (Phi) is 47.3. The van der Waals surface area contributed by atoms with Crippen molar-refractivity contribution in [1.29, 1.82) is 0 Å². The van der Waals surface area contributed by atoms with Crippen LogP contribution in [0.3, 0.4) is 0 Å². The van der Waals surface area contributed by atoms with Gasteiger partial charge in [0.2, 0.25) is 5.91 Å². The van der Waals surface area contributed by atoms with Gasteiger partial charge in [0, 0.05) is 13.0 Å². The molecule has 0 saturated carbocycles. The SMILES string of the molecule is CCCCCCCCCCCCCCCC(=O)NCCCNCCl.Cl.N.N.N. The van der Waals surface area contributed by atoms with Crippen molar-refractivity contribution < 1.29 is 4.79 Å². The quantitative estimate of drug-likeness (QED) is 0.0850. The zero-order chi connectivity index (χ0) is 17.7. The summed E-state index contributed by atoms with van der Waals surface area (Å²) in [5.41, 5.74) is 0. The van der Waals surface area contributed by atoms with Crippen LogP contribution >= 0.6 is 24.0 Å². The lowest BCUT2D eigenvalue weighted by Gasteiger charge is -2.05. The van der Waals surface area contributed by atoms with E-state index in [0.717, 1.165) is 25.9 Å². The first-order valence-corrected chi connectivity index (χ1v) is 10.9. The van der Waals surface area contributed by atoms with Gasteiger partial charge in [0.15, 0.2) is 0 Å². The third kappa shape index (κ3) is 33.5. The monoisotopic (exact) mass is 447 g/mol. The standard InChI is InChI=1S/C20H41ClN2O.ClH.3H3N/c1-2-3-4-5-6-7-8-9-10-11-12-13-14-16-20(24)23-18-15-17-22-19-21;;;;/h22H,2-19H2,1H3,(H,23,24);1H;3*1H3. The molecule has 0 rings (SSSR count). The Hall–Kier alpha value is -0.110. The second kappa shape index (κ2) is 34.4. The molecule has 0 fully saturated rings. The fourth-order valence-corrected chi connectivity index (χ4v) is 3.03. The first-order valence-electron chi connectivity index (χ1n) is 10.3. The average molecular weight is 449 g/mol. The van der Waals surface area contributed by atoms with Gasteiger partial charge in [-0.15, -0.1) is 24.0 Å². The van der Waals surface area contributed by atoms with Gasteiger partial charge in [0.05, 0.1) is 6.00 Å². The van der Waals surface area contributed by atoms with E-state index in [2.05, 4.69) is 17.6 Å². The minimum Gasteiger partial charge on any atom is -0.356 e. The molecule has 0 aromatic rings. The molecule has 176 valence electrons. The largest absolute Gasteiger partial charge is 0.356 e. The molecule has 8 heteroatoms. The van der Waals surface area contributed by atoms with Gasteiger partial charge in [-0.1, -0.05) is 84.0 Å². The van der Waals surface area contributed by atoms with Gasteiger partial charge in [-0.25, -0.2) is 0 Å². The maximum Gasteiger partial charge on any atom is 0.219 e. The van der Waals surface area contributed by atoms with Crippen LogP contribution in [-0.2, 0) is 4.79 Å². The summed E-state index contributed by atoms with van der Waals surface area (Å²) >= 11 is 5.51. The first-order chi connectivity index (χ1) is 11.8. The number of hydrogen-bond donors (Lipinski definition) is 5. The van der Waals surface area contributed by atoms with Crippen molar-refractivity contribution in [3.63, 3.8) is 0 Å². The Morgan fingerprint density at radius 2 is 1.11 bits per heavy atom. The number of carbonyl (C=O) groups is 1. The van der Waals surface area contributed by atoms with E-state index in [-0.39, 0.29) is 36.8 Å². The second-order valence-electron chi connectivity index (χ2n) is 6.83. The fraction of sp³-hybridized carbons (Fsp3) is 0.950. The maximum atomic E-state index is 11.6. The van der Waals surface area contributed by atoms with Crippen LogP contribution in [0.25, 0.3) is 0 Å². The van der Waals surface area contributed by atoms with Crippen LogP contribution in [-0.4, -0.2) is 25.0 Å². The number of nitrogens with one attached hydrogen (secondary N) is 2. The predicted octanol–water partition coefficient (Wildman–Crippen LogP) is 6.67. The van der Waals surface area contributed by atoms with Gasteiger partial charge in [-0.2, -0.15) is 0 Å². The zero-order valence-electron chi connectivity index (χ0n) is 18.5. The maximum absolute atomic E-state index is 11.6. The first kappa shape index (κ1) is 38.5. The van der Waals surface area contributed by atoms with Gasteiger partial charge >= 0.3 is 0 Å². The summed E-state index contributed by atoms with van der Waals surface area (Å²) in [6.07, 6.45) is 19.1. The summed E-state index contributed by atoms with van der Waals surface area (Å²) in [4.78, 5) is 11.6. The van der Waals surface area contributed by atoms with Crippen molar-refractivity contribution in [2.24, 2.45) is 0 Å². The normalized spacial score (nSPS) is 9.36. The van der Waals surface area contributed by atoms with E-state index >= 15 is 0 Å². The molecule has 0 heterocycles. The van der Waals surface area contributed by atoms with E-state index in [9.17, 15) is 4.79 Å². The lowest BCUT2D eigenvalue weighted by Crippen LogP contribution is -2.26. The third-order valence-corrected chi connectivity index (χ3v) is 4.64. The summed E-state index contributed by atoms with van der Waals surface area (Å²) in [5, 5.41) is 5.99. The summed E-state index contributed by atoms with van der Waals surface area (Å²) in [7, 11) is 0. The van der Waals surface area contributed by atoms with E-state index in [1.807, 2.05) is 0 Å². The Bertz CT molecular complexity index is 275. The summed E-state index contributed by atoms with van der Waals surface area (Å²) < 4.78 is 0. The molecule has 0 spiro atoms. The van der Waals surface area contributed by atoms with E-state index in [0.29, 0.717) is 12.4 Å². The van der Waals surface area contributed by atoms with Gasteiger partial charge in [-0.3, -0.25) is 4.79 Å². The van der Waals surface area contributed by atoms with Crippen LogP contribution in [0.2, 0.25) is 0 Å². The highest BCUT2D eigenvalue weighted by atomic mass is 35.5. The summed E-state index contributed by atoms with van der Waals surface area (Å²) in [6, 6.07) is 0.479. The van der Waals surface area contributed by atoms with Crippen molar-refractivity contribution in [3.05, 3.63) is 0 Å². The number of carbonyl (C=O) groups excluding carboxylic acids is 1. The van der Waals surface area contributed by atoms with Crippen molar-refractivity contribution in [2.75, 3.05) is 19.1 Å². The van der Waals surface area contributed by atoms with Crippen molar-refractivity contribution in [1.82, 2.24) is 29.1 Å². The van der Waals surface area contributed by atoms with Gasteiger partial charge in [0.25, 0.3) is 0 Å². The number of alkyl halides is 1. The molecule has 28 heavy (non-hydrogen) atoms. The Morgan fingerprint density at radius 3 is 1.54 bits per heavy atom. The highest BCUT2D eigenvalue weighted by Crippen LogP contribution is 2.12. The average Bonchev–Trinajstić information content (AvgIpc) is 2.59. The van der Waals surface area contributed by atoms with Crippen molar-refractivity contribution in [2.45, 2.75) is 103 Å². The zero-order valence-corrected chi connectivity index (χ0v) is 20.1. The topological polar surface area (TPSA) is 146 Å². The fourth-order valence-electron chi connectivity index (χ4n) is 2.90. The molecule has 0 saturated heterocycles. The Labute approximate surface area is 186 Å². The van der Waals surface area contributed by atoms with Crippen LogP contribution in [0.4, 0.5) is 0 Å². The number of unbranched alkanes of at least 4 members (excludes halogenated alkanes) is 12. The highest BCUT2D eigenvalue weighted by Gasteiger charge is 2.00. The number of halogens is 2. The lowest BCUT2D eigenvalue weighted by atomic mass is 10.0. The van der Waals surface area contributed by atoms with Crippen LogP contribution in [0, 0.1) is 0 Å². The third-order valence-electron chi connectivity index (χ3n) is 4.45. The van der Waals surface area contributed by atoms with Crippen molar-refractivity contribution in [3.8, 4) is 0 Å². The molecule has 0 bridgehead atoms. The molecule has 0 aliphatic rings. The second-order valence-corrected chi connectivity index (χ2v) is 7.10. The molecule has 0 aromatic heterocycles. The molecule has 0 aliphatic carbocycles. The molecule has 0 aliphatic heterocycles. The smallest absolute Gasteiger partial charge is 0.219 e. The lowest BCUT2D eigenvalue weighted by molar-refractivity contribution is -0.121. The number of rotatable bonds is 19. The number of amides is 1. The predicted molar refractivity (Wildman–Crippen MR) is 129 cm³/mol. The van der Waals surface area contributed by atoms with E-state index < -0.39 is 0 Å². The molecule has 0 aromatic carbocycles. The van der Waals surface area contributed by atoms with Crippen LogP contribution in [0.15, 0.2) is 0 Å². The molecular formula is C20H51Cl2N5O. The molecular weight excluding hydrogens is 397 g/mol. The minimum atomic E-state index is 0. The summed E-state index contributed by atoms with van der Waals surface area (Å²) in [5.74, 6) is 0.198. The van der Waals surface area contributed by atoms with Crippen LogP contribution < -0.4 is 29.1 Å². The molecule has 11 N–H and O–H groups in total.